The van der Waals surface area contributed by atoms with Gasteiger partial charge in [0.1, 0.15) is 0 Å². The van der Waals surface area contributed by atoms with E-state index in [1.807, 2.05) is 0 Å². The third kappa shape index (κ3) is 6.59. The topological polar surface area (TPSA) is 76.7 Å². The van der Waals surface area contributed by atoms with E-state index in [-0.39, 0.29) is 47.2 Å². The number of halogens is 6. The molecule has 1 heterocycles. The molecular formula is C19H21F6N3O3. The van der Waals surface area contributed by atoms with Gasteiger partial charge in [-0.2, -0.15) is 31.4 Å². The van der Waals surface area contributed by atoms with Gasteiger partial charge in [0.2, 0.25) is 6.61 Å². The van der Waals surface area contributed by atoms with Gasteiger partial charge < -0.3 is 9.94 Å². The summed E-state index contributed by atoms with van der Waals surface area (Å²) in [4.78, 5) is 15.9. The van der Waals surface area contributed by atoms with Crippen LogP contribution in [0.2, 0.25) is 0 Å². The zero-order valence-corrected chi connectivity index (χ0v) is 16.9. The highest BCUT2D eigenvalue weighted by atomic mass is 19.4. The first-order chi connectivity index (χ1) is 14.2. The van der Waals surface area contributed by atoms with Crippen LogP contribution in [0, 0.1) is 11.8 Å². The Morgan fingerprint density at radius 3 is 2.42 bits per heavy atom. The third-order valence-electron chi connectivity index (χ3n) is 4.90. The van der Waals surface area contributed by atoms with Crippen LogP contribution in [-0.2, 0) is 29.3 Å². The van der Waals surface area contributed by atoms with Gasteiger partial charge in [0.25, 0.3) is 0 Å². The normalized spacial score (nSPS) is 20.4. The molecule has 0 amide bonds. The van der Waals surface area contributed by atoms with Crippen LogP contribution in [0.5, 0.6) is 0 Å². The number of hydrogen-bond acceptors (Lipinski definition) is 4. The van der Waals surface area contributed by atoms with Gasteiger partial charge in [0.05, 0.1) is 5.71 Å². The summed E-state index contributed by atoms with van der Waals surface area (Å²) in [6.07, 6.45) is -6.46. The highest BCUT2D eigenvalue weighted by Crippen LogP contribution is 2.31. The number of aliphatic carboxylic acids is 1. The highest BCUT2D eigenvalue weighted by Gasteiger charge is 2.34. The van der Waals surface area contributed by atoms with Gasteiger partial charge in [0.15, 0.2) is 5.69 Å². The van der Waals surface area contributed by atoms with Crippen molar-refractivity contribution < 1.29 is 41.1 Å². The summed E-state index contributed by atoms with van der Waals surface area (Å²) in [5.41, 5.74) is -0.617. The third-order valence-corrected chi connectivity index (χ3v) is 4.90. The Labute approximate surface area is 173 Å². The molecular weight excluding hydrogens is 432 g/mol. The molecule has 0 saturated carbocycles. The average molecular weight is 453 g/mol. The van der Waals surface area contributed by atoms with Crippen molar-refractivity contribution in [1.29, 1.82) is 0 Å². The molecule has 6 nitrogen and oxygen atoms in total. The predicted octanol–water partition coefficient (Wildman–Crippen LogP) is 4.53. The molecule has 0 fully saturated rings. The van der Waals surface area contributed by atoms with Crippen LogP contribution in [-0.4, -0.2) is 39.4 Å². The number of hydrogen-bond donors (Lipinski definition) is 1. The van der Waals surface area contributed by atoms with Crippen molar-refractivity contribution in [3.63, 3.8) is 0 Å². The van der Waals surface area contributed by atoms with Crippen LogP contribution in [0.4, 0.5) is 26.3 Å². The first-order valence-corrected chi connectivity index (χ1v) is 9.21. The number of aromatic nitrogens is 2. The van der Waals surface area contributed by atoms with E-state index in [2.05, 4.69) is 15.1 Å². The number of alkyl halides is 6. The lowest BCUT2D eigenvalue weighted by Gasteiger charge is -2.24. The minimum absolute atomic E-state index is 0.00323. The van der Waals surface area contributed by atoms with Crippen molar-refractivity contribution in [2.75, 3.05) is 6.61 Å². The van der Waals surface area contributed by atoms with Gasteiger partial charge in [-0.3, -0.25) is 4.68 Å². The number of carboxylic acids is 1. The first-order valence-electron chi connectivity index (χ1n) is 9.21. The molecule has 172 valence electrons. The monoisotopic (exact) mass is 453 g/mol. The maximum absolute atomic E-state index is 12.8. The van der Waals surface area contributed by atoms with Gasteiger partial charge >= 0.3 is 18.3 Å². The van der Waals surface area contributed by atoms with E-state index in [1.165, 1.54) is 13.1 Å². The average Bonchev–Trinajstić information content (AvgIpc) is 3.00. The van der Waals surface area contributed by atoms with Crippen molar-refractivity contribution in [2.24, 2.45) is 24.0 Å². The predicted molar refractivity (Wildman–Crippen MR) is 98.1 cm³/mol. The molecule has 31 heavy (non-hydrogen) atoms. The van der Waals surface area contributed by atoms with E-state index in [0.29, 0.717) is 0 Å². The Hall–Kier alpha value is -2.79. The number of rotatable bonds is 7. The summed E-state index contributed by atoms with van der Waals surface area (Å²) in [5.74, 6) is -1.78. The molecule has 2 unspecified atom stereocenters. The molecule has 2 rings (SSSR count). The second-order valence-electron chi connectivity index (χ2n) is 7.24. The summed E-state index contributed by atoms with van der Waals surface area (Å²) < 4.78 is 76.9. The summed E-state index contributed by atoms with van der Waals surface area (Å²) in [7, 11) is 1.31. The van der Waals surface area contributed by atoms with Crippen LogP contribution in [0.25, 0.3) is 0 Å². The van der Waals surface area contributed by atoms with Gasteiger partial charge in [-0.15, -0.1) is 0 Å². The molecule has 1 aromatic rings. The van der Waals surface area contributed by atoms with Crippen molar-refractivity contribution in [3.8, 4) is 0 Å². The van der Waals surface area contributed by atoms with Crippen LogP contribution >= 0.6 is 0 Å². The molecule has 0 aromatic carbocycles. The highest BCUT2D eigenvalue weighted by molar-refractivity contribution is 6.04. The minimum Gasteiger partial charge on any atom is -0.478 e. The summed E-state index contributed by atoms with van der Waals surface area (Å²) in [6.45, 7) is 1.78. The number of carboxylic acid groups (broad SMARTS) is 1. The van der Waals surface area contributed by atoms with Gasteiger partial charge in [-0.25, -0.2) is 4.79 Å². The Kier molecular flexibility index (Phi) is 7.22. The largest absolute Gasteiger partial charge is 0.478 e. The van der Waals surface area contributed by atoms with Crippen molar-refractivity contribution in [1.82, 2.24) is 9.78 Å². The van der Waals surface area contributed by atoms with Crippen LogP contribution in [0.3, 0.4) is 0 Å². The Morgan fingerprint density at radius 2 is 1.90 bits per heavy atom. The molecule has 12 heteroatoms. The molecule has 0 bridgehead atoms. The number of aryl methyl sites for hydroxylation is 2. The first kappa shape index (κ1) is 24.5. The second kappa shape index (κ2) is 9.15. The van der Waals surface area contributed by atoms with E-state index in [0.717, 1.165) is 10.7 Å². The zero-order chi connectivity index (χ0) is 23.6. The molecule has 2 atom stereocenters. The smallest absolute Gasteiger partial charge is 0.435 e. The fourth-order valence-electron chi connectivity index (χ4n) is 3.04. The van der Waals surface area contributed by atoms with E-state index < -0.39 is 30.6 Å². The quantitative estimate of drug-likeness (QED) is 0.374. The molecule has 1 N–H and O–H groups in total. The maximum atomic E-state index is 12.8. The molecule has 0 spiro atoms. The van der Waals surface area contributed by atoms with Gasteiger partial charge in [-0.1, -0.05) is 25.1 Å². The lowest BCUT2D eigenvalue weighted by molar-refractivity contribution is -0.173. The second-order valence-corrected chi connectivity index (χ2v) is 7.24. The zero-order valence-electron chi connectivity index (χ0n) is 16.9. The lowest BCUT2D eigenvalue weighted by Crippen LogP contribution is -2.22. The standard InChI is InChI=1S/C19H21F6N3O3/c1-10-6-12(7-14(11(10)2)17(29)30)15(27-31-9-18(20,21)22)5-4-13-8-16(19(23,24)25)26-28(13)3/h6-8,10-11H,4-5,9H2,1-3H3,(H,29,30)/b27-15+. The summed E-state index contributed by atoms with van der Waals surface area (Å²) in [5, 5.41) is 16.3. The number of carbonyl (C=O) groups is 1. The van der Waals surface area contributed by atoms with Crippen LogP contribution in [0.15, 0.2) is 34.5 Å². The summed E-state index contributed by atoms with van der Waals surface area (Å²) >= 11 is 0. The molecule has 0 aliphatic heterocycles. The lowest BCUT2D eigenvalue weighted by atomic mass is 9.80. The molecule has 1 aromatic heterocycles. The number of nitrogens with zero attached hydrogens (tertiary/aromatic N) is 3. The Morgan fingerprint density at radius 1 is 1.26 bits per heavy atom. The van der Waals surface area contributed by atoms with E-state index in [4.69, 9.17) is 0 Å². The Balaban J connectivity index is 2.32. The number of oxime groups is 1. The fraction of sp³-hybridized carbons (Fsp3) is 0.526. The molecule has 1 aliphatic rings. The van der Waals surface area contributed by atoms with Crippen molar-refractivity contribution >= 4 is 11.7 Å². The molecule has 0 radical (unpaired) electrons. The maximum Gasteiger partial charge on any atom is 0.435 e. The van der Waals surface area contributed by atoms with E-state index in [1.54, 1.807) is 19.9 Å². The van der Waals surface area contributed by atoms with Crippen LogP contribution in [0.1, 0.15) is 31.7 Å². The van der Waals surface area contributed by atoms with Crippen molar-refractivity contribution in [3.05, 3.63) is 40.8 Å². The van der Waals surface area contributed by atoms with E-state index in [9.17, 15) is 36.2 Å². The SMILES string of the molecule is CC1C=C(/C(CCc2cc(C(F)(F)F)nn2C)=N/OCC(F)(F)F)C=C(C(=O)O)C1C. The summed E-state index contributed by atoms with van der Waals surface area (Å²) in [6, 6.07) is 0.840. The minimum atomic E-state index is -4.64. The van der Waals surface area contributed by atoms with E-state index >= 15 is 0 Å². The van der Waals surface area contributed by atoms with Gasteiger partial charge in [-0.05, 0) is 42.4 Å². The molecule has 1 aliphatic carbocycles. The van der Waals surface area contributed by atoms with Crippen LogP contribution < -0.4 is 0 Å². The fourth-order valence-corrected chi connectivity index (χ4v) is 3.04. The van der Waals surface area contributed by atoms with Crippen molar-refractivity contribution in [2.45, 2.75) is 39.0 Å². The molecule has 0 saturated heterocycles. The Bertz CT molecular complexity index is 912. The number of allylic oxidation sites excluding steroid dienone is 3. The van der Waals surface area contributed by atoms with Gasteiger partial charge in [0, 0.05) is 18.3 Å².